The van der Waals surface area contributed by atoms with Crippen LogP contribution in [0.2, 0.25) is 0 Å². The van der Waals surface area contributed by atoms with E-state index in [4.69, 9.17) is 14.2 Å². The predicted molar refractivity (Wildman–Crippen MR) is 139 cm³/mol. The summed E-state index contributed by atoms with van der Waals surface area (Å²) < 4.78 is 19.2. The number of ether oxygens (including phenoxy) is 3. The summed E-state index contributed by atoms with van der Waals surface area (Å²) in [5.74, 6) is 0.763. The first-order valence-corrected chi connectivity index (χ1v) is 12.6. The fourth-order valence-electron chi connectivity index (χ4n) is 3.92. The highest BCUT2D eigenvalue weighted by Gasteiger charge is 2.35. The van der Waals surface area contributed by atoms with Gasteiger partial charge in [-0.1, -0.05) is 39.4 Å². The molecular formula is C26H25BrN2O5S. The molecular weight excluding hydrogens is 532 g/mol. The number of methoxy groups -OCH3 is 2. The van der Waals surface area contributed by atoms with Crippen LogP contribution in [0.4, 0.5) is 0 Å². The van der Waals surface area contributed by atoms with E-state index in [0.717, 1.165) is 15.8 Å². The van der Waals surface area contributed by atoms with Crippen LogP contribution in [-0.2, 0) is 9.53 Å². The van der Waals surface area contributed by atoms with Crippen molar-refractivity contribution in [1.29, 1.82) is 0 Å². The van der Waals surface area contributed by atoms with Crippen molar-refractivity contribution < 1.29 is 19.0 Å². The normalized spacial score (nSPS) is 15.6. The Bertz CT molecular complexity index is 1490. The number of hydrogen-bond donors (Lipinski definition) is 0. The summed E-state index contributed by atoms with van der Waals surface area (Å²) in [6.45, 7) is 5.33. The number of rotatable bonds is 6. The van der Waals surface area contributed by atoms with Gasteiger partial charge >= 0.3 is 5.97 Å². The Balaban J connectivity index is 1.97. The number of aromatic nitrogens is 1. The number of halogens is 1. The van der Waals surface area contributed by atoms with E-state index in [0.29, 0.717) is 31.9 Å². The lowest BCUT2D eigenvalue weighted by Gasteiger charge is -2.26. The Morgan fingerprint density at radius 3 is 2.49 bits per heavy atom. The average Bonchev–Trinajstić information content (AvgIpc) is 3.12. The number of allylic oxidation sites excluding steroid dienone is 1. The minimum atomic E-state index is -0.761. The zero-order chi connectivity index (χ0) is 25.3. The number of fused-ring (bicyclic) bond motifs is 1. The Hall–Kier alpha value is -3.17. The van der Waals surface area contributed by atoms with Crippen LogP contribution in [-0.4, -0.2) is 30.9 Å². The van der Waals surface area contributed by atoms with Gasteiger partial charge in [-0.2, -0.15) is 0 Å². The maximum Gasteiger partial charge on any atom is 0.338 e. The fraction of sp³-hybridized carbons (Fsp3) is 0.269. The smallest absolute Gasteiger partial charge is 0.338 e. The first-order valence-electron chi connectivity index (χ1n) is 10.9. The number of carbonyl (C=O) groups is 1. The molecule has 1 aliphatic heterocycles. The molecule has 0 saturated carbocycles. The molecule has 9 heteroatoms. The largest absolute Gasteiger partial charge is 0.497 e. The third kappa shape index (κ3) is 4.97. The maximum absolute atomic E-state index is 13.7. The molecule has 1 aliphatic rings. The molecule has 0 amide bonds. The van der Waals surface area contributed by atoms with Gasteiger partial charge in [0.2, 0.25) is 0 Å². The van der Waals surface area contributed by atoms with Crippen molar-refractivity contribution in [3.8, 4) is 11.5 Å². The standard InChI is InChI=1S/C26H25BrN2O5S/c1-14(2)34-25(31)22-15(3)28-26-29(23(22)19-13-17(27)8-11-20(19)33-5)24(30)21(35-26)12-16-6-9-18(32-4)10-7-16/h6-14,23H,1-5H3/b21-12-/t23-/m0/s1. The van der Waals surface area contributed by atoms with Crippen LogP contribution in [0.25, 0.3) is 6.08 Å². The lowest BCUT2D eigenvalue weighted by molar-refractivity contribution is -0.143. The highest BCUT2D eigenvalue weighted by Crippen LogP contribution is 2.37. The number of thiazole rings is 1. The second-order valence-corrected chi connectivity index (χ2v) is 10.1. The minimum absolute atomic E-state index is 0.251. The maximum atomic E-state index is 13.7. The van der Waals surface area contributed by atoms with Crippen molar-refractivity contribution in [2.75, 3.05) is 14.2 Å². The second kappa shape index (κ2) is 10.2. The summed E-state index contributed by atoms with van der Waals surface area (Å²) in [5.41, 5.74) is 2.06. The third-order valence-electron chi connectivity index (χ3n) is 5.48. The molecule has 3 aromatic rings. The third-order valence-corrected chi connectivity index (χ3v) is 6.96. The van der Waals surface area contributed by atoms with Gasteiger partial charge in [-0.25, -0.2) is 9.79 Å². The van der Waals surface area contributed by atoms with Gasteiger partial charge in [0, 0.05) is 10.0 Å². The summed E-state index contributed by atoms with van der Waals surface area (Å²) in [5, 5.41) is 0. The van der Waals surface area contributed by atoms with Gasteiger partial charge in [0.05, 0.1) is 36.1 Å². The van der Waals surface area contributed by atoms with Gasteiger partial charge in [0.1, 0.15) is 17.5 Å². The molecule has 0 radical (unpaired) electrons. The van der Waals surface area contributed by atoms with E-state index >= 15 is 0 Å². The van der Waals surface area contributed by atoms with Crippen molar-refractivity contribution in [1.82, 2.24) is 4.57 Å². The van der Waals surface area contributed by atoms with E-state index in [2.05, 4.69) is 20.9 Å². The lowest BCUT2D eigenvalue weighted by atomic mass is 9.95. The lowest BCUT2D eigenvalue weighted by Crippen LogP contribution is -2.40. The SMILES string of the molecule is COc1ccc(/C=c2\sc3n(c2=O)[C@@H](c2cc(Br)ccc2OC)C(C(=O)OC(C)C)=C(C)N=3)cc1. The zero-order valence-corrected chi connectivity index (χ0v) is 22.4. The molecule has 1 atom stereocenters. The highest BCUT2D eigenvalue weighted by atomic mass is 79.9. The van der Waals surface area contributed by atoms with Crippen LogP contribution in [0.1, 0.15) is 37.9 Å². The molecule has 0 fully saturated rings. The Kier molecular flexibility index (Phi) is 7.28. The summed E-state index contributed by atoms with van der Waals surface area (Å²) in [4.78, 5) is 32.1. The predicted octanol–water partition coefficient (Wildman–Crippen LogP) is 3.97. The highest BCUT2D eigenvalue weighted by molar-refractivity contribution is 9.10. The van der Waals surface area contributed by atoms with Gasteiger partial charge in [0.25, 0.3) is 5.56 Å². The van der Waals surface area contributed by atoms with Crippen LogP contribution in [0, 0.1) is 0 Å². The number of hydrogen-bond acceptors (Lipinski definition) is 7. The molecule has 0 unspecified atom stereocenters. The van der Waals surface area contributed by atoms with Crippen LogP contribution < -0.4 is 24.4 Å². The molecule has 4 rings (SSSR count). The van der Waals surface area contributed by atoms with E-state index in [1.54, 1.807) is 45.6 Å². The van der Waals surface area contributed by atoms with Gasteiger partial charge in [-0.15, -0.1) is 0 Å². The molecule has 1 aromatic heterocycles. The molecule has 182 valence electrons. The molecule has 35 heavy (non-hydrogen) atoms. The number of benzene rings is 2. The number of nitrogens with zero attached hydrogens (tertiary/aromatic N) is 2. The second-order valence-electron chi connectivity index (χ2n) is 8.20. The summed E-state index contributed by atoms with van der Waals surface area (Å²) >= 11 is 4.78. The molecule has 0 N–H and O–H groups in total. The number of carbonyl (C=O) groups excluding carboxylic acids is 1. The van der Waals surface area contributed by atoms with Crippen molar-refractivity contribution in [2.24, 2.45) is 4.99 Å². The van der Waals surface area contributed by atoms with Gasteiger partial charge in [0.15, 0.2) is 4.80 Å². The van der Waals surface area contributed by atoms with E-state index in [1.165, 1.54) is 11.3 Å². The van der Waals surface area contributed by atoms with Crippen LogP contribution in [0.15, 0.2) is 68.0 Å². The first-order chi connectivity index (χ1) is 16.7. The van der Waals surface area contributed by atoms with Crippen molar-refractivity contribution in [2.45, 2.75) is 32.9 Å². The van der Waals surface area contributed by atoms with Gasteiger partial charge in [-0.3, -0.25) is 9.36 Å². The monoisotopic (exact) mass is 556 g/mol. The summed E-state index contributed by atoms with van der Waals surface area (Å²) in [6.07, 6.45) is 1.48. The Morgan fingerprint density at radius 1 is 1.14 bits per heavy atom. The average molecular weight is 557 g/mol. The first kappa shape index (κ1) is 24.9. The summed E-state index contributed by atoms with van der Waals surface area (Å²) in [6, 6.07) is 12.2. The zero-order valence-electron chi connectivity index (χ0n) is 20.0. The fourth-order valence-corrected chi connectivity index (χ4v) is 5.35. The van der Waals surface area contributed by atoms with E-state index < -0.39 is 12.0 Å². The topological polar surface area (TPSA) is 79.1 Å². The van der Waals surface area contributed by atoms with Crippen LogP contribution in [0.3, 0.4) is 0 Å². The summed E-state index contributed by atoms with van der Waals surface area (Å²) in [7, 11) is 3.16. The van der Waals surface area contributed by atoms with E-state index in [-0.39, 0.29) is 11.7 Å². The number of esters is 1. The molecule has 0 bridgehead atoms. The van der Waals surface area contributed by atoms with Crippen molar-refractivity contribution >= 4 is 39.3 Å². The molecule has 0 saturated heterocycles. The molecule has 0 spiro atoms. The van der Waals surface area contributed by atoms with Crippen molar-refractivity contribution in [3.63, 3.8) is 0 Å². The molecule has 7 nitrogen and oxygen atoms in total. The Morgan fingerprint density at radius 2 is 1.86 bits per heavy atom. The van der Waals surface area contributed by atoms with Gasteiger partial charge < -0.3 is 14.2 Å². The molecule has 2 aromatic carbocycles. The van der Waals surface area contributed by atoms with Crippen LogP contribution in [0.5, 0.6) is 11.5 Å². The van der Waals surface area contributed by atoms with Crippen molar-refractivity contribution in [3.05, 3.63) is 89.0 Å². The van der Waals surface area contributed by atoms with Crippen LogP contribution >= 0.6 is 27.3 Å². The van der Waals surface area contributed by atoms with E-state index in [9.17, 15) is 9.59 Å². The quantitative estimate of drug-likeness (QED) is 0.429. The minimum Gasteiger partial charge on any atom is -0.497 e. The Labute approximate surface area is 215 Å². The molecule has 0 aliphatic carbocycles. The van der Waals surface area contributed by atoms with Gasteiger partial charge in [-0.05, 0) is 62.7 Å². The van der Waals surface area contributed by atoms with E-state index in [1.807, 2.05) is 42.5 Å². The molecule has 2 heterocycles.